The number of rotatable bonds is 6. The van der Waals surface area contributed by atoms with E-state index in [1.807, 2.05) is 30.3 Å². The fourth-order valence-corrected chi connectivity index (χ4v) is 1.95. The summed E-state index contributed by atoms with van der Waals surface area (Å²) in [6, 6.07) is 10.9. The van der Waals surface area contributed by atoms with Crippen LogP contribution in [-0.4, -0.2) is 29.5 Å². The van der Waals surface area contributed by atoms with E-state index in [0.717, 1.165) is 17.1 Å². The SMILES string of the molecule is CC(C=O)Nc1cc2ccccc2cc1OC(C)C(=O)O. The fraction of sp³-hybridized carbons (Fsp3) is 0.250. The first-order chi connectivity index (χ1) is 10.0. The molecule has 0 heterocycles. The largest absolute Gasteiger partial charge is 0.479 e. The van der Waals surface area contributed by atoms with E-state index in [4.69, 9.17) is 9.84 Å². The van der Waals surface area contributed by atoms with Gasteiger partial charge in [0.05, 0.1) is 11.7 Å². The van der Waals surface area contributed by atoms with Crippen molar-refractivity contribution in [1.82, 2.24) is 0 Å². The van der Waals surface area contributed by atoms with Crippen molar-refractivity contribution in [1.29, 1.82) is 0 Å². The van der Waals surface area contributed by atoms with Gasteiger partial charge in [-0.25, -0.2) is 4.79 Å². The molecule has 0 aliphatic heterocycles. The van der Waals surface area contributed by atoms with Crippen LogP contribution in [0.5, 0.6) is 5.75 Å². The van der Waals surface area contributed by atoms with Crippen LogP contribution in [0, 0.1) is 0 Å². The lowest BCUT2D eigenvalue weighted by atomic mass is 10.1. The molecule has 2 rings (SSSR count). The highest BCUT2D eigenvalue weighted by molar-refractivity contribution is 5.89. The number of nitrogens with one attached hydrogen (secondary N) is 1. The van der Waals surface area contributed by atoms with E-state index >= 15 is 0 Å². The normalized spacial score (nSPS) is 13.4. The van der Waals surface area contributed by atoms with E-state index in [9.17, 15) is 9.59 Å². The number of carboxylic acids is 1. The van der Waals surface area contributed by atoms with Crippen LogP contribution in [0.1, 0.15) is 13.8 Å². The van der Waals surface area contributed by atoms with E-state index in [2.05, 4.69) is 5.32 Å². The first-order valence-corrected chi connectivity index (χ1v) is 6.65. The maximum atomic E-state index is 11.0. The maximum absolute atomic E-state index is 11.0. The van der Waals surface area contributed by atoms with E-state index in [-0.39, 0.29) is 0 Å². The number of hydrogen-bond donors (Lipinski definition) is 2. The van der Waals surface area contributed by atoms with E-state index in [0.29, 0.717) is 11.4 Å². The van der Waals surface area contributed by atoms with Gasteiger partial charge in [-0.05, 0) is 36.8 Å². The molecule has 0 amide bonds. The van der Waals surface area contributed by atoms with Crippen LogP contribution < -0.4 is 10.1 Å². The van der Waals surface area contributed by atoms with Gasteiger partial charge in [0.2, 0.25) is 0 Å². The summed E-state index contributed by atoms with van der Waals surface area (Å²) >= 11 is 0. The van der Waals surface area contributed by atoms with Gasteiger partial charge in [-0.2, -0.15) is 0 Å². The first-order valence-electron chi connectivity index (χ1n) is 6.65. The minimum atomic E-state index is -1.04. The molecule has 0 radical (unpaired) electrons. The number of aldehydes is 1. The summed E-state index contributed by atoms with van der Waals surface area (Å²) in [6.07, 6.45) is -0.196. The van der Waals surface area contributed by atoms with Crippen molar-refractivity contribution in [3.05, 3.63) is 36.4 Å². The average Bonchev–Trinajstić information content (AvgIpc) is 2.47. The quantitative estimate of drug-likeness (QED) is 0.799. The Kier molecular flexibility index (Phi) is 4.42. The molecule has 0 saturated heterocycles. The molecular weight excluding hydrogens is 270 g/mol. The minimum Gasteiger partial charge on any atom is -0.479 e. The van der Waals surface area contributed by atoms with Gasteiger partial charge in [0.1, 0.15) is 12.0 Å². The molecule has 2 aromatic rings. The first kappa shape index (κ1) is 14.8. The lowest BCUT2D eigenvalue weighted by Crippen LogP contribution is -2.24. The number of hydrogen-bond acceptors (Lipinski definition) is 4. The summed E-state index contributed by atoms with van der Waals surface area (Å²) in [7, 11) is 0. The number of benzene rings is 2. The van der Waals surface area contributed by atoms with Gasteiger partial charge in [-0.1, -0.05) is 24.3 Å². The fourth-order valence-electron chi connectivity index (χ4n) is 1.95. The monoisotopic (exact) mass is 287 g/mol. The highest BCUT2D eigenvalue weighted by atomic mass is 16.5. The lowest BCUT2D eigenvalue weighted by molar-refractivity contribution is -0.144. The molecule has 0 fully saturated rings. The van der Waals surface area contributed by atoms with Gasteiger partial charge in [-0.3, -0.25) is 0 Å². The molecule has 0 spiro atoms. The Labute approximate surface area is 122 Å². The van der Waals surface area contributed by atoms with Crippen LogP contribution >= 0.6 is 0 Å². The molecule has 5 heteroatoms. The summed E-state index contributed by atoms with van der Waals surface area (Å²) in [6.45, 7) is 3.18. The Morgan fingerprint density at radius 2 is 1.86 bits per heavy atom. The molecule has 0 aliphatic carbocycles. The Morgan fingerprint density at radius 1 is 1.24 bits per heavy atom. The summed E-state index contributed by atoms with van der Waals surface area (Å²) in [5.74, 6) is -0.630. The highest BCUT2D eigenvalue weighted by Gasteiger charge is 2.16. The number of carboxylic acid groups (broad SMARTS) is 1. The summed E-state index contributed by atoms with van der Waals surface area (Å²) < 4.78 is 5.48. The molecule has 2 atom stereocenters. The molecule has 2 aromatic carbocycles. The van der Waals surface area contributed by atoms with Gasteiger partial charge in [0.25, 0.3) is 0 Å². The predicted octanol–water partition coefficient (Wildman–Crippen LogP) is 2.69. The second kappa shape index (κ2) is 6.26. The van der Waals surface area contributed by atoms with Gasteiger partial charge < -0.3 is 20.0 Å². The van der Waals surface area contributed by atoms with Crippen molar-refractivity contribution in [2.24, 2.45) is 0 Å². The molecule has 5 nitrogen and oxygen atoms in total. The van der Waals surface area contributed by atoms with Crippen molar-refractivity contribution in [2.45, 2.75) is 26.0 Å². The van der Waals surface area contributed by atoms with Gasteiger partial charge in [0, 0.05) is 0 Å². The smallest absolute Gasteiger partial charge is 0.344 e. The van der Waals surface area contributed by atoms with Crippen LogP contribution in [0.4, 0.5) is 5.69 Å². The van der Waals surface area contributed by atoms with Gasteiger partial charge in [0.15, 0.2) is 6.10 Å². The van der Waals surface area contributed by atoms with E-state index in [1.54, 1.807) is 13.0 Å². The third-order valence-corrected chi connectivity index (χ3v) is 3.09. The zero-order chi connectivity index (χ0) is 15.4. The number of carbonyl (C=O) groups is 2. The van der Waals surface area contributed by atoms with Crippen LogP contribution in [-0.2, 0) is 9.59 Å². The second-order valence-electron chi connectivity index (χ2n) is 4.86. The van der Waals surface area contributed by atoms with E-state index in [1.165, 1.54) is 6.92 Å². The molecular formula is C16H17NO4. The number of ether oxygens (including phenoxy) is 1. The molecule has 2 N–H and O–H groups in total. The predicted molar refractivity (Wildman–Crippen MR) is 80.8 cm³/mol. The molecule has 0 bridgehead atoms. The summed E-state index contributed by atoms with van der Waals surface area (Å²) in [5.41, 5.74) is 0.599. The van der Waals surface area contributed by atoms with Crippen molar-refractivity contribution in [3.63, 3.8) is 0 Å². The highest BCUT2D eigenvalue weighted by Crippen LogP contribution is 2.31. The zero-order valence-electron chi connectivity index (χ0n) is 11.9. The second-order valence-corrected chi connectivity index (χ2v) is 4.86. The van der Waals surface area contributed by atoms with Crippen LogP contribution in [0.25, 0.3) is 10.8 Å². The van der Waals surface area contributed by atoms with Crippen molar-refractivity contribution in [2.75, 3.05) is 5.32 Å². The molecule has 110 valence electrons. The number of carbonyl (C=O) groups excluding carboxylic acids is 1. The van der Waals surface area contributed by atoms with Crippen molar-refractivity contribution >= 4 is 28.7 Å². The lowest BCUT2D eigenvalue weighted by Gasteiger charge is -2.18. The number of fused-ring (bicyclic) bond motifs is 1. The summed E-state index contributed by atoms with van der Waals surface area (Å²) in [5, 5.41) is 13.9. The average molecular weight is 287 g/mol. The topological polar surface area (TPSA) is 75.6 Å². The number of aliphatic carboxylic acids is 1. The molecule has 2 unspecified atom stereocenters. The van der Waals surface area contributed by atoms with Crippen LogP contribution in [0.2, 0.25) is 0 Å². The molecule has 0 aromatic heterocycles. The van der Waals surface area contributed by atoms with Crippen LogP contribution in [0.3, 0.4) is 0 Å². The Morgan fingerprint density at radius 3 is 2.43 bits per heavy atom. The van der Waals surface area contributed by atoms with E-state index < -0.39 is 18.1 Å². The zero-order valence-corrected chi connectivity index (χ0v) is 11.9. The molecule has 0 aliphatic rings. The Hall–Kier alpha value is -2.56. The Balaban J connectivity index is 2.45. The van der Waals surface area contributed by atoms with Crippen LogP contribution in [0.15, 0.2) is 36.4 Å². The standard InChI is InChI=1S/C16H17NO4/c1-10(9-18)17-14-7-12-5-3-4-6-13(12)8-15(14)21-11(2)16(19)20/h3-11,17H,1-2H3,(H,19,20). The van der Waals surface area contributed by atoms with Gasteiger partial charge in [-0.15, -0.1) is 0 Å². The maximum Gasteiger partial charge on any atom is 0.344 e. The molecule has 21 heavy (non-hydrogen) atoms. The third-order valence-electron chi connectivity index (χ3n) is 3.09. The Bertz CT molecular complexity index is 668. The van der Waals surface area contributed by atoms with Crippen molar-refractivity contribution < 1.29 is 19.4 Å². The van der Waals surface area contributed by atoms with Crippen molar-refractivity contribution in [3.8, 4) is 5.75 Å². The number of anilines is 1. The van der Waals surface area contributed by atoms with Gasteiger partial charge >= 0.3 is 5.97 Å². The summed E-state index contributed by atoms with van der Waals surface area (Å²) in [4.78, 5) is 21.8. The molecule has 0 saturated carbocycles. The minimum absolute atomic E-state index is 0.395. The third kappa shape index (κ3) is 3.51.